The van der Waals surface area contributed by atoms with Gasteiger partial charge in [0.25, 0.3) is 5.91 Å². The highest BCUT2D eigenvalue weighted by Crippen LogP contribution is 2.17. The minimum absolute atomic E-state index is 0.0764. The van der Waals surface area contributed by atoms with Crippen molar-refractivity contribution in [3.8, 4) is 0 Å². The second-order valence-electron chi connectivity index (χ2n) is 4.62. The van der Waals surface area contributed by atoms with E-state index in [9.17, 15) is 4.79 Å². The molecule has 0 bridgehead atoms. The molecule has 0 aliphatic rings. The smallest absolute Gasteiger partial charge is 0.251 e. The molecule has 0 heterocycles. The normalized spacial score (nSPS) is 11.9. The maximum atomic E-state index is 12.1. The molecule has 98 valence electrons. The van der Waals surface area contributed by atoms with E-state index in [1.165, 1.54) is 0 Å². The van der Waals surface area contributed by atoms with Crippen molar-refractivity contribution in [3.05, 3.63) is 70.2 Å². The van der Waals surface area contributed by atoms with E-state index in [1.807, 2.05) is 62.4 Å². The van der Waals surface area contributed by atoms with Crippen molar-refractivity contribution in [1.82, 2.24) is 5.32 Å². The van der Waals surface area contributed by atoms with Crippen molar-refractivity contribution in [2.45, 2.75) is 19.9 Å². The van der Waals surface area contributed by atoms with Gasteiger partial charge < -0.3 is 5.32 Å². The van der Waals surface area contributed by atoms with Crippen molar-refractivity contribution >= 4 is 17.5 Å². The number of aryl methyl sites for hydroxylation is 1. The van der Waals surface area contributed by atoms with Crippen LogP contribution in [-0.4, -0.2) is 5.91 Å². The Bertz CT molecular complexity index is 578. The number of carbonyl (C=O) groups excluding carboxylic acids is 1. The molecule has 0 aliphatic heterocycles. The lowest BCUT2D eigenvalue weighted by molar-refractivity contribution is 0.0940. The zero-order valence-electron chi connectivity index (χ0n) is 11.0. The topological polar surface area (TPSA) is 29.1 Å². The molecule has 2 rings (SSSR count). The second kappa shape index (κ2) is 5.89. The Morgan fingerprint density at radius 2 is 1.84 bits per heavy atom. The second-order valence-corrected chi connectivity index (χ2v) is 5.05. The zero-order chi connectivity index (χ0) is 13.8. The number of carbonyl (C=O) groups is 1. The molecule has 0 radical (unpaired) electrons. The van der Waals surface area contributed by atoms with Crippen molar-refractivity contribution in [1.29, 1.82) is 0 Å². The van der Waals surface area contributed by atoms with E-state index in [-0.39, 0.29) is 11.9 Å². The molecule has 0 saturated heterocycles. The zero-order valence-corrected chi connectivity index (χ0v) is 11.7. The van der Waals surface area contributed by atoms with E-state index in [0.717, 1.165) is 11.1 Å². The largest absolute Gasteiger partial charge is 0.346 e. The summed E-state index contributed by atoms with van der Waals surface area (Å²) in [6.07, 6.45) is 0. The van der Waals surface area contributed by atoms with Gasteiger partial charge in [0.15, 0.2) is 0 Å². The van der Waals surface area contributed by atoms with Gasteiger partial charge in [-0.3, -0.25) is 4.79 Å². The van der Waals surface area contributed by atoms with E-state index in [1.54, 1.807) is 0 Å². The molecule has 2 nitrogen and oxygen atoms in total. The van der Waals surface area contributed by atoms with Crippen molar-refractivity contribution in [2.24, 2.45) is 0 Å². The Labute approximate surface area is 118 Å². The van der Waals surface area contributed by atoms with Crippen molar-refractivity contribution in [3.63, 3.8) is 0 Å². The summed E-state index contributed by atoms with van der Waals surface area (Å²) in [5.74, 6) is -0.0764. The lowest BCUT2D eigenvalue weighted by Crippen LogP contribution is -2.26. The number of nitrogens with one attached hydrogen (secondary N) is 1. The number of halogens is 1. The van der Waals surface area contributed by atoms with Crippen LogP contribution in [0.25, 0.3) is 0 Å². The molecule has 19 heavy (non-hydrogen) atoms. The van der Waals surface area contributed by atoms with E-state index >= 15 is 0 Å². The molecule has 0 spiro atoms. The molecule has 1 amide bonds. The Kier molecular flexibility index (Phi) is 4.23. The molecule has 1 N–H and O–H groups in total. The summed E-state index contributed by atoms with van der Waals surface area (Å²) in [6.45, 7) is 3.94. The summed E-state index contributed by atoms with van der Waals surface area (Å²) >= 11 is 5.95. The SMILES string of the molecule is Cc1ccc(C(=O)N[C@@H](C)c2cccc(Cl)c2)cc1. The molecule has 0 fully saturated rings. The van der Waals surface area contributed by atoms with Gasteiger partial charge >= 0.3 is 0 Å². The summed E-state index contributed by atoms with van der Waals surface area (Å²) in [5, 5.41) is 3.64. The van der Waals surface area contributed by atoms with Gasteiger partial charge in [-0.15, -0.1) is 0 Å². The van der Waals surface area contributed by atoms with E-state index < -0.39 is 0 Å². The minimum atomic E-state index is -0.0764. The van der Waals surface area contributed by atoms with Crippen molar-refractivity contribution < 1.29 is 4.79 Å². The van der Waals surface area contributed by atoms with Crippen LogP contribution in [0.4, 0.5) is 0 Å². The summed E-state index contributed by atoms with van der Waals surface area (Å²) in [6, 6.07) is 15.0. The monoisotopic (exact) mass is 273 g/mol. The Hall–Kier alpha value is -1.80. The van der Waals surface area contributed by atoms with Crippen LogP contribution in [0.3, 0.4) is 0 Å². The van der Waals surface area contributed by atoms with Crippen LogP contribution in [0.5, 0.6) is 0 Å². The molecule has 0 aromatic heterocycles. The summed E-state index contributed by atoms with van der Waals surface area (Å²) < 4.78 is 0. The summed E-state index contributed by atoms with van der Waals surface area (Å²) in [4.78, 5) is 12.1. The van der Waals surface area contributed by atoms with Gasteiger partial charge in [-0.25, -0.2) is 0 Å². The standard InChI is InChI=1S/C16H16ClNO/c1-11-6-8-13(9-7-11)16(19)18-12(2)14-4-3-5-15(17)10-14/h3-10,12H,1-2H3,(H,18,19)/t12-/m0/s1. The van der Waals surface area contributed by atoms with Gasteiger partial charge in [0, 0.05) is 10.6 Å². The first-order valence-corrected chi connectivity index (χ1v) is 6.57. The molecule has 0 aliphatic carbocycles. The fourth-order valence-electron chi connectivity index (χ4n) is 1.84. The first kappa shape index (κ1) is 13.6. The molecule has 2 aromatic carbocycles. The fraction of sp³-hybridized carbons (Fsp3) is 0.188. The lowest BCUT2D eigenvalue weighted by Gasteiger charge is -2.14. The molecular weight excluding hydrogens is 258 g/mol. The van der Waals surface area contributed by atoms with Gasteiger partial charge in [-0.2, -0.15) is 0 Å². The molecule has 1 atom stereocenters. The van der Waals surface area contributed by atoms with Gasteiger partial charge in [0.1, 0.15) is 0 Å². The predicted octanol–water partition coefficient (Wildman–Crippen LogP) is 4.14. The van der Waals surface area contributed by atoms with Crippen LogP contribution >= 0.6 is 11.6 Å². The van der Waals surface area contributed by atoms with Crippen LogP contribution < -0.4 is 5.32 Å². The van der Waals surface area contributed by atoms with Crippen LogP contribution in [0.2, 0.25) is 5.02 Å². The number of hydrogen-bond donors (Lipinski definition) is 1. The predicted molar refractivity (Wildman–Crippen MR) is 78.5 cm³/mol. The van der Waals surface area contributed by atoms with Gasteiger partial charge in [-0.05, 0) is 43.7 Å². The van der Waals surface area contributed by atoms with Gasteiger partial charge in [-0.1, -0.05) is 41.4 Å². The van der Waals surface area contributed by atoms with Crippen LogP contribution in [-0.2, 0) is 0 Å². The van der Waals surface area contributed by atoms with Gasteiger partial charge in [0.2, 0.25) is 0 Å². The molecule has 3 heteroatoms. The molecule has 0 unspecified atom stereocenters. The first-order chi connectivity index (χ1) is 9.06. The average molecular weight is 274 g/mol. The minimum Gasteiger partial charge on any atom is -0.346 e. The third kappa shape index (κ3) is 3.58. The first-order valence-electron chi connectivity index (χ1n) is 6.19. The van der Waals surface area contributed by atoms with E-state index in [4.69, 9.17) is 11.6 Å². The van der Waals surface area contributed by atoms with Crippen LogP contribution in [0.15, 0.2) is 48.5 Å². The average Bonchev–Trinajstić information content (AvgIpc) is 2.39. The maximum Gasteiger partial charge on any atom is 0.251 e. The quantitative estimate of drug-likeness (QED) is 0.895. The summed E-state index contributed by atoms with van der Waals surface area (Å²) in [7, 11) is 0. The fourth-order valence-corrected chi connectivity index (χ4v) is 2.04. The van der Waals surface area contributed by atoms with Crippen LogP contribution in [0.1, 0.15) is 34.5 Å². The van der Waals surface area contributed by atoms with Crippen molar-refractivity contribution in [2.75, 3.05) is 0 Å². The lowest BCUT2D eigenvalue weighted by atomic mass is 10.1. The third-order valence-electron chi connectivity index (χ3n) is 3.01. The number of rotatable bonds is 3. The highest BCUT2D eigenvalue weighted by molar-refractivity contribution is 6.30. The Balaban J connectivity index is 2.08. The third-order valence-corrected chi connectivity index (χ3v) is 3.25. The van der Waals surface area contributed by atoms with E-state index in [2.05, 4.69) is 5.32 Å². The Morgan fingerprint density at radius 1 is 1.16 bits per heavy atom. The summed E-state index contributed by atoms with van der Waals surface area (Å²) in [5.41, 5.74) is 2.80. The molecular formula is C16H16ClNO. The molecule has 2 aromatic rings. The van der Waals surface area contributed by atoms with E-state index in [0.29, 0.717) is 10.6 Å². The maximum absolute atomic E-state index is 12.1. The number of amides is 1. The Morgan fingerprint density at radius 3 is 2.47 bits per heavy atom. The highest BCUT2D eigenvalue weighted by Gasteiger charge is 2.11. The van der Waals surface area contributed by atoms with Crippen LogP contribution in [0, 0.1) is 6.92 Å². The van der Waals surface area contributed by atoms with Gasteiger partial charge in [0.05, 0.1) is 6.04 Å². The number of benzene rings is 2. The highest BCUT2D eigenvalue weighted by atomic mass is 35.5. The molecule has 0 saturated carbocycles. The number of hydrogen-bond acceptors (Lipinski definition) is 1.